The van der Waals surface area contributed by atoms with Gasteiger partial charge in [0, 0.05) is 11.4 Å². The van der Waals surface area contributed by atoms with Gasteiger partial charge < -0.3 is 9.72 Å². The molecule has 0 spiro atoms. The Bertz CT molecular complexity index is 354. The monoisotopic (exact) mass is 193 g/mol. The summed E-state index contributed by atoms with van der Waals surface area (Å²) < 4.78 is 4.80. The average Bonchev–Trinajstić information content (AvgIpc) is 2.56. The minimum atomic E-state index is -0.107. The standard InChI is InChI=1S/C11H15NO2/c1-7-6-9-8(11(13)14-2)4-3-5-10(9)12-7/h6,8,12H,3-5H2,1-2H3. The van der Waals surface area contributed by atoms with Gasteiger partial charge in [0.15, 0.2) is 0 Å². The maximum atomic E-state index is 11.5. The Hall–Kier alpha value is -1.25. The van der Waals surface area contributed by atoms with Crippen molar-refractivity contribution in [2.45, 2.75) is 32.1 Å². The molecule has 0 amide bonds. The molecule has 1 N–H and O–H groups in total. The van der Waals surface area contributed by atoms with Crippen molar-refractivity contribution in [3.05, 3.63) is 23.0 Å². The zero-order valence-corrected chi connectivity index (χ0v) is 8.59. The van der Waals surface area contributed by atoms with Gasteiger partial charge >= 0.3 is 5.97 Å². The molecule has 1 aromatic heterocycles. The molecule has 14 heavy (non-hydrogen) atoms. The number of rotatable bonds is 1. The highest BCUT2D eigenvalue weighted by Crippen LogP contribution is 2.32. The molecular formula is C11H15NO2. The number of fused-ring (bicyclic) bond motifs is 1. The molecule has 1 aliphatic rings. The quantitative estimate of drug-likeness (QED) is 0.692. The predicted molar refractivity (Wildman–Crippen MR) is 53.2 cm³/mol. The van der Waals surface area contributed by atoms with Crippen LogP contribution in [0.15, 0.2) is 6.07 Å². The number of hydrogen-bond acceptors (Lipinski definition) is 2. The van der Waals surface area contributed by atoms with Crippen LogP contribution in [0, 0.1) is 6.92 Å². The summed E-state index contributed by atoms with van der Waals surface area (Å²) >= 11 is 0. The summed E-state index contributed by atoms with van der Waals surface area (Å²) in [6, 6.07) is 2.07. The van der Waals surface area contributed by atoms with E-state index in [1.165, 1.54) is 12.8 Å². The Balaban J connectivity index is 2.34. The Kier molecular flexibility index (Phi) is 2.32. The maximum Gasteiger partial charge on any atom is 0.313 e. The van der Waals surface area contributed by atoms with E-state index < -0.39 is 0 Å². The van der Waals surface area contributed by atoms with Crippen LogP contribution >= 0.6 is 0 Å². The van der Waals surface area contributed by atoms with Crippen LogP contribution < -0.4 is 0 Å². The number of carbonyl (C=O) groups excluding carboxylic acids is 1. The SMILES string of the molecule is COC(=O)C1CCCc2[nH]c(C)cc21. The molecule has 0 saturated heterocycles. The van der Waals surface area contributed by atoms with Crippen LogP contribution in [0.25, 0.3) is 0 Å². The fourth-order valence-corrected chi connectivity index (χ4v) is 2.21. The molecule has 0 saturated carbocycles. The second-order valence-electron chi connectivity index (χ2n) is 3.85. The number of H-pyrrole nitrogens is 1. The number of methoxy groups -OCH3 is 1. The van der Waals surface area contributed by atoms with Gasteiger partial charge in [0.25, 0.3) is 0 Å². The van der Waals surface area contributed by atoms with Crippen molar-refractivity contribution in [1.29, 1.82) is 0 Å². The molecule has 2 rings (SSSR count). The van der Waals surface area contributed by atoms with E-state index in [4.69, 9.17) is 4.74 Å². The second kappa shape index (κ2) is 3.48. The smallest absolute Gasteiger partial charge is 0.313 e. The maximum absolute atomic E-state index is 11.5. The summed E-state index contributed by atoms with van der Waals surface area (Å²) in [6.07, 6.45) is 3.03. The molecule has 0 aromatic carbocycles. The fraction of sp³-hybridized carbons (Fsp3) is 0.545. The number of ether oxygens (including phenoxy) is 1. The zero-order chi connectivity index (χ0) is 10.1. The molecule has 1 heterocycles. The molecule has 1 unspecified atom stereocenters. The Morgan fingerprint density at radius 1 is 1.64 bits per heavy atom. The summed E-state index contributed by atoms with van der Waals surface area (Å²) in [5, 5.41) is 0. The van der Waals surface area contributed by atoms with E-state index >= 15 is 0 Å². The van der Waals surface area contributed by atoms with Crippen LogP contribution in [0.2, 0.25) is 0 Å². The van der Waals surface area contributed by atoms with Crippen molar-refractivity contribution in [2.75, 3.05) is 7.11 Å². The normalized spacial score (nSPS) is 20.3. The van der Waals surface area contributed by atoms with Crippen molar-refractivity contribution in [3.63, 3.8) is 0 Å². The highest BCUT2D eigenvalue weighted by Gasteiger charge is 2.28. The van der Waals surface area contributed by atoms with Gasteiger partial charge in [-0.1, -0.05) is 0 Å². The number of aryl methyl sites for hydroxylation is 2. The van der Waals surface area contributed by atoms with Gasteiger partial charge in [-0.05, 0) is 37.8 Å². The van der Waals surface area contributed by atoms with E-state index in [9.17, 15) is 4.79 Å². The Labute approximate surface area is 83.5 Å². The third kappa shape index (κ3) is 1.43. The summed E-state index contributed by atoms with van der Waals surface area (Å²) in [5.41, 5.74) is 3.48. The molecule has 3 heteroatoms. The van der Waals surface area contributed by atoms with Crippen molar-refractivity contribution < 1.29 is 9.53 Å². The minimum Gasteiger partial charge on any atom is -0.469 e. The summed E-state index contributed by atoms with van der Waals surface area (Å²) in [7, 11) is 1.45. The van der Waals surface area contributed by atoms with Gasteiger partial charge in [-0.15, -0.1) is 0 Å². The van der Waals surface area contributed by atoms with Gasteiger partial charge in [0.2, 0.25) is 0 Å². The molecular weight excluding hydrogens is 178 g/mol. The zero-order valence-electron chi connectivity index (χ0n) is 8.59. The third-order valence-corrected chi connectivity index (χ3v) is 2.85. The Morgan fingerprint density at radius 2 is 2.43 bits per heavy atom. The van der Waals surface area contributed by atoms with E-state index in [0.29, 0.717) is 0 Å². The fourth-order valence-electron chi connectivity index (χ4n) is 2.21. The molecule has 3 nitrogen and oxygen atoms in total. The van der Waals surface area contributed by atoms with Gasteiger partial charge in [0.1, 0.15) is 0 Å². The number of carbonyl (C=O) groups is 1. The van der Waals surface area contributed by atoms with Crippen LogP contribution in [0.4, 0.5) is 0 Å². The molecule has 1 aromatic rings. The number of hydrogen-bond donors (Lipinski definition) is 1. The lowest BCUT2D eigenvalue weighted by Gasteiger charge is -2.19. The molecule has 1 atom stereocenters. The lowest BCUT2D eigenvalue weighted by atomic mass is 9.87. The van der Waals surface area contributed by atoms with E-state index in [-0.39, 0.29) is 11.9 Å². The van der Waals surface area contributed by atoms with Gasteiger partial charge in [-0.3, -0.25) is 4.79 Å². The first-order chi connectivity index (χ1) is 6.72. The van der Waals surface area contributed by atoms with Crippen LogP contribution in [0.3, 0.4) is 0 Å². The van der Waals surface area contributed by atoms with Crippen LogP contribution in [0.1, 0.15) is 35.7 Å². The first-order valence-corrected chi connectivity index (χ1v) is 4.98. The van der Waals surface area contributed by atoms with E-state index in [1.807, 2.05) is 6.92 Å². The molecule has 76 valence electrons. The topological polar surface area (TPSA) is 42.1 Å². The predicted octanol–water partition coefficient (Wildman–Crippen LogP) is 1.92. The first-order valence-electron chi connectivity index (χ1n) is 4.98. The van der Waals surface area contributed by atoms with E-state index in [1.54, 1.807) is 0 Å². The highest BCUT2D eigenvalue weighted by molar-refractivity contribution is 5.78. The third-order valence-electron chi connectivity index (χ3n) is 2.85. The van der Waals surface area contributed by atoms with E-state index in [2.05, 4.69) is 11.1 Å². The number of esters is 1. The van der Waals surface area contributed by atoms with Crippen molar-refractivity contribution >= 4 is 5.97 Å². The molecule has 1 aliphatic carbocycles. The van der Waals surface area contributed by atoms with Crippen LogP contribution in [-0.2, 0) is 16.0 Å². The van der Waals surface area contributed by atoms with Gasteiger partial charge in [-0.2, -0.15) is 0 Å². The highest BCUT2D eigenvalue weighted by atomic mass is 16.5. The average molecular weight is 193 g/mol. The number of aromatic amines is 1. The molecule has 0 aliphatic heterocycles. The lowest BCUT2D eigenvalue weighted by Crippen LogP contribution is -2.18. The van der Waals surface area contributed by atoms with Crippen molar-refractivity contribution in [2.24, 2.45) is 0 Å². The first kappa shape index (κ1) is 9.31. The second-order valence-corrected chi connectivity index (χ2v) is 3.85. The number of aromatic nitrogens is 1. The largest absolute Gasteiger partial charge is 0.469 e. The Morgan fingerprint density at radius 3 is 3.14 bits per heavy atom. The molecule has 0 fully saturated rings. The molecule has 0 bridgehead atoms. The summed E-state index contributed by atoms with van der Waals surface area (Å²) in [5.74, 6) is -0.154. The van der Waals surface area contributed by atoms with Crippen LogP contribution in [-0.4, -0.2) is 18.1 Å². The van der Waals surface area contributed by atoms with Crippen LogP contribution in [0.5, 0.6) is 0 Å². The van der Waals surface area contributed by atoms with Crippen molar-refractivity contribution in [3.8, 4) is 0 Å². The summed E-state index contributed by atoms with van der Waals surface area (Å²) in [4.78, 5) is 14.8. The van der Waals surface area contributed by atoms with Gasteiger partial charge in [-0.25, -0.2) is 0 Å². The minimum absolute atomic E-state index is 0.0475. The summed E-state index contributed by atoms with van der Waals surface area (Å²) in [6.45, 7) is 2.02. The van der Waals surface area contributed by atoms with Crippen molar-refractivity contribution in [1.82, 2.24) is 4.98 Å². The van der Waals surface area contributed by atoms with Gasteiger partial charge in [0.05, 0.1) is 13.0 Å². The number of nitrogens with one attached hydrogen (secondary N) is 1. The lowest BCUT2D eigenvalue weighted by molar-refractivity contribution is -0.142. The molecule has 0 radical (unpaired) electrons. The van der Waals surface area contributed by atoms with E-state index in [0.717, 1.165) is 30.5 Å².